The first-order valence-corrected chi connectivity index (χ1v) is 10.5. The number of carbonyl (C=O) groups excluding carboxylic acids is 2. The van der Waals surface area contributed by atoms with Gasteiger partial charge in [0.25, 0.3) is 11.8 Å². The number of methoxy groups -OCH3 is 1. The lowest BCUT2D eigenvalue weighted by atomic mass is 10.1. The van der Waals surface area contributed by atoms with Gasteiger partial charge in [-0.15, -0.1) is 11.3 Å². The first-order valence-electron chi connectivity index (χ1n) is 9.70. The molecule has 158 valence electrons. The van der Waals surface area contributed by atoms with Crippen LogP contribution in [0.2, 0.25) is 0 Å². The van der Waals surface area contributed by atoms with Crippen molar-refractivity contribution in [1.29, 1.82) is 0 Å². The highest BCUT2D eigenvalue weighted by molar-refractivity contribution is 7.21. The third kappa shape index (κ3) is 4.68. The molecule has 2 aromatic carbocycles. The van der Waals surface area contributed by atoms with Crippen molar-refractivity contribution in [3.8, 4) is 0 Å². The monoisotopic (exact) mass is 428 g/mol. The number of carbonyl (C=O) groups is 2. The number of rotatable bonds is 7. The molecule has 0 bridgehead atoms. The Morgan fingerprint density at radius 3 is 2.60 bits per heavy atom. The largest absolute Gasteiger partial charge is 0.380 e. The van der Waals surface area contributed by atoms with Crippen LogP contribution >= 0.6 is 11.3 Å². The van der Waals surface area contributed by atoms with Gasteiger partial charge < -0.3 is 15.4 Å². The molecule has 0 saturated heterocycles. The van der Waals surface area contributed by atoms with Crippen molar-refractivity contribution in [2.45, 2.75) is 27.4 Å². The second-order valence-electron chi connectivity index (χ2n) is 7.54. The molecule has 5 nitrogen and oxygen atoms in total. The van der Waals surface area contributed by atoms with Crippen LogP contribution in [-0.4, -0.2) is 25.5 Å². The van der Waals surface area contributed by atoms with E-state index in [1.165, 1.54) is 24.5 Å². The molecule has 2 N–H and O–H groups in total. The van der Waals surface area contributed by atoms with Gasteiger partial charge in [0.15, 0.2) is 0 Å². The molecule has 0 unspecified atom stereocenters. The minimum Gasteiger partial charge on any atom is -0.380 e. The molecule has 3 rings (SSSR count). The van der Waals surface area contributed by atoms with Gasteiger partial charge in [-0.25, -0.2) is 4.39 Å². The fourth-order valence-corrected chi connectivity index (χ4v) is 4.27. The zero-order valence-corrected chi connectivity index (χ0v) is 18.3. The van der Waals surface area contributed by atoms with Gasteiger partial charge in [-0.3, -0.25) is 9.59 Å². The summed E-state index contributed by atoms with van der Waals surface area (Å²) in [6.07, 6.45) is 0. The van der Waals surface area contributed by atoms with Crippen LogP contribution < -0.4 is 10.6 Å². The molecular formula is C23H25FN2O3S. The zero-order valence-electron chi connectivity index (χ0n) is 17.5. The van der Waals surface area contributed by atoms with E-state index in [0.717, 1.165) is 5.56 Å². The van der Waals surface area contributed by atoms with E-state index in [4.69, 9.17) is 4.74 Å². The number of hydrogen-bond donors (Lipinski definition) is 2. The molecule has 7 heteroatoms. The summed E-state index contributed by atoms with van der Waals surface area (Å²) in [5, 5.41) is 6.18. The number of benzene rings is 2. The number of ether oxygens (including phenoxy) is 1. The summed E-state index contributed by atoms with van der Waals surface area (Å²) in [5.41, 5.74) is 2.44. The van der Waals surface area contributed by atoms with Gasteiger partial charge in [0.1, 0.15) is 5.82 Å². The highest BCUT2D eigenvalue weighted by Gasteiger charge is 2.21. The lowest BCUT2D eigenvalue weighted by Crippen LogP contribution is -2.27. The van der Waals surface area contributed by atoms with Gasteiger partial charge >= 0.3 is 0 Å². The van der Waals surface area contributed by atoms with Crippen LogP contribution in [0.4, 0.5) is 10.1 Å². The standard InChI is InChI=1S/C23H25FN2O3S/c1-13(2)11-25-22(27)15-8-9-18(14(3)10-15)26-23(28)21-16(12-29-4)20-17(24)6-5-7-19(20)30-21/h5-10,13H,11-12H2,1-4H3,(H,25,27)(H,26,28). The number of hydrogen-bond acceptors (Lipinski definition) is 4. The van der Waals surface area contributed by atoms with Crippen molar-refractivity contribution in [2.75, 3.05) is 19.0 Å². The summed E-state index contributed by atoms with van der Waals surface area (Å²) in [5.74, 6) is -0.487. The van der Waals surface area contributed by atoms with Gasteiger partial charge in [0.05, 0.1) is 11.5 Å². The highest BCUT2D eigenvalue weighted by atomic mass is 32.1. The lowest BCUT2D eigenvalue weighted by Gasteiger charge is -2.12. The van der Waals surface area contributed by atoms with Crippen LogP contribution in [0.3, 0.4) is 0 Å². The van der Waals surface area contributed by atoms with Crippen LogP contribution in [0.1, 0.15) is 45.0 Å². The summed E-state index contributed by atoms with van der Waals surface area (Å²) in [6, 6.07) is 9.92. The molecule has 0 spiro atoms. The first kappa shape index (κ1) is 21.9. The van der Waals surface area contributed by atoms with Crippen LogP contribution in [0.25, 0.3) is 10.1 Å². The minimum absolute atomic E-state index is 0.137. The lowest BCUT2D eigenvalue weighted by molar-refractivity contribution is 0.0948. The topological polar surface area (TPSA) is 67.4 Å². The van der Waals surface area contributed by atoms with Gasteiger partial charge in [0.2, 0.25) is 0 Å². The number of halogens is 1. The summed E-state index contributed by atoms with van der Waals surface area (Å²) in [7, 11) is 1.51. The Bertz CT molecular complexity index is 1090. The van der Waals surface area contributed by atoms with Crippen molar-refractivity contribution in [3.05, 3.63) is 63.8 Å². The summed E-state index contributed by atoms with van der Waals surface area (Å²) < 4.78 is 20.3. The fourth-order valence-electron chi connectivity index (χ4n) is 3.16. The number of anilines is 1. The maximum absolute atomic E-state index is 14.4. The third-order valence-corrected chi connectivity index (χ3v) is 5.86. The smallest absolute Gasteiger partial charge is 0.266 e. The second kappa shape index (κ2) is 9.36. The molecule has 0 saturated carbocycles. The summed E-state index contributed by atoms with van der Waals surface area (Å²) in [6.45, 7) is 6.62. The Hall–Kier alpha value is -2.77. The van der Waals surface area contributed by atoms with Crippen LogP contribution in [0.5, 0.6) is 0 Å². The van der Waals surface area contributed by atoms with Crippen molar-refractivity contribution >= 4 is 38.9 Å². The molecule has 30 heavy (non-hydrogen) atoms. The Morgan fingerprint density at radius 2 is 1.93 bits per heavy atom. The average Bonchev–Trinajstić information content (AvgIpc) is 3.08. The first-order chi connectivity index (χ1) is 14.3. The molecule has 2 amide bonds. The van der Waals surface area contributed by atoms with E-state index in [1.807, 2.05) is 20.8 Å². The van der Waals surface area contributed by atoms with E-state index in [2.05, 4.69) is 10.6 Å². The van der Waals surface area contributed by atoms with Gasteiger partial charge in [-0.1, -0.05) is 19.9 Å². The molecule has 1 heterocycles. The number of nitrogens with one attached hydrogen (secondary N) is 2. The second-order valence-corrected chi connectivity index (χ2v) is 8.60. The summed E-state index contributed by atoms with van der Waals surface area (Å²) >= 11 is 1.23. The van der Waals surface area contributed by atoms with Crippen molar-refractivity contribution in [1.82, 2.24) is 5.32 Å². The van der Waals surface area contributed by atoms with E-state index in [9.17, 15) is 14.0 Å². The minimum atomic E-state index is -0.372. The highest BCUT2D eigenvalue weighted by Crippen LogP contribution is 2.34. The average molecular weight is 429 g/mol. The van der Waals surface area contributed by atoms with Crippen LogP contribution in [0, 0.1) is 18.7 Å². The van der Waals surface area contributed by atoms with Crippen LogP contribution in [0.15, 0.2) is 36.4 Å². The van der Waals surface area contributed by atoms with E-state index >= 15 is 0 Å². The van der Waals surface area contributed by atoms with Crippen molar-refractivity contribution in [2.24, 2.45) is 5.92 Å². The molecule has 0 atom stereocenters. The SMILES string of the molecule is COCc1c(C(=O)Nc2ccc(C(=O)NCC(C)C)cc2C)sc2cccc(F)c12. The van der Waals surface area contributed by atoms with E-state index < -0.39 is 0 Å². The number of fused-ring (bicyclic) bond motifs is 1. The van der Waals surface area contributed by atoms with Gasteiger partial charge in [-0.2, -0.15) is 0 Å². The fraction of sp³-hybridized carbons (Fsp3) is 0.304. The molecule has 0 radical (unpaired) electrons. The molecular weight excluding hydrogens is 403 g/mol. The molecule has 1 aromatic heterocycles. The summed E-state index contributed by atoms with van der Waals surface area (Å²) in [4.78, 5) is 25.7. The molecule has 0 aliphatic rings. The van der Waals surface area contributed by atoms with E-state index in [0.29, 0.717) is 44.2 Å². The maximum atomic E-state index is 14.4. The number of thiophene rings is 1. The van der Waals surface area contributed by atoms with Gasteiger partial charge in [-0.05, 0) is 48.7 Å². The van der Waals surface area contributed by atoms with E-state index in [-0.39, 0.29) is 24.2 Å². The Labute approximate surface area is 179 Å². The molecule has 0 aliphatic carbocycles. The third-order valence-electron chi connectivity index (χ3n) is 4.67. The predicted molar refractivity (Wildman–Crippen MR) is 119 cm³/mol. The Balaban J connectivity index is 1.85. The molecule has 0 aliphatic heterocycles. The zero-order chi connectivity index (χ0) is 21.8. The van der Waals surface area contributed by atoms with Crippen molar-refractivity contribution in [3.63, 3.8) is 0 Å². The van der Waals surface area contributed by atoms with Crippen molar-refractivity contribution < 1.29 is 18.7 Å². The van der Waals surface area contributed by atoms with Gasteiger partial charge in [0, 0.05) is 40.6 Å². The Morgan fingerprint density at radius 1 is 1.17 bits per heavy atom. The van der Waals surface area contributed by atoms with Crippen LogP contribution in [-0.2, 0) is 11.3 Å². The van der Waals surface area contributed by atoms with E-state index in [1.54, 1.807) is 30.3 Å². The Kier molecular flexibility index (Phi) is 6.84. The number of amides is 2. The predicted octanol–water partition coefficient (Wildman–Crippen LogP) is 5.13. The normalized spacial score (nSPS) is 11.1. The maximum Gasteiger partial charge on any atom is 0.266 e. The number of aryl methyl sites for hydroxylation is 1. The molecule has 0 fully saturated rings. The quantitative estimate of drug-likeness (QED) is 0.548. The molecule has 3 aromatic rings.